The number of thiophene rings is 1. The molecule has 2 rings (SSSR count). The zero-order valence-electron chi connectivity index (χ0n) is 10.6. The van der Waals surface area contributed by atoms with Crippen LogP contribution in [-0.4, -0.2) is 12.9 Å². The third-order valence-electron chi connectivity index (χ3n) is 2.88. The van der Waals surface area contributed by atoms with Crippen molar-refractivity contribution in [3.05, 3.63) is 51.7 Å². The Bertz CT molecular complexity index is 529. The molecule has 2 aromatic rings. The Morgan fingerprint density at radius 2 is 2.17 bits per heavy atom. The molecule has 2 nitrogen and oxygen atoms in total. The lowest BCUT2D eigenvalue weighted by atomic mass is 10.0. The van der Waals surface area contributed by atoms with Crippen molar-refractivity contribution >= 4 is 17.1 Å². The molecule has 94 valence electrons. The second-order valence-corrected chi connectivity index (χ2v) is 5.04. The summed E-state index contributed by atoms with van der Waals surface area (Å²) in [6.45, 7) is 1.99. The Morgan fingerprint density at radius 1 is 1.33 bits per heavy atom. The second kappa shape index (κ2) is 5.83. The number of hydrogen-bond donors (Lipinski definition) is 0. The number of hydrogen-bond acceptors (Lipinski definition) is 3. The molecule has 0 fully saturated rings. The van der Waals surface area contributed by atoms with Crippen LogP contribution in [0.4, 0.5) is 0 Å². The van der Waals surface area contributed by atoms with E-state index in [0.717, 1.165) is 12.0 Å². The first-order valence-electron chi connectivity index (χ1n) is 5.89. The molecule has 0 saturated heterocycles. The van der Waals surface area contributed by atoms with Crippen molar-refractivity contribution < 1.29 is 9.53 Å². The van der Waals surface area contributed by atoms with Crippen LogP contribution in [0.2, 0.25) is 0 Å². The number of ketones is 1. The summed E-state index contributed by atoms with van der Waals surface area (Å²) in [5.41, 5.74) is 3.00. The number of carbonyl (C=O) groups excluding carboxylic acids is 1. The number of rotatable bonds is 5. The summed E-state index contributed by atoms with van der Waals surface area (Å²) >= 11 is 1.66. The van der Waals surface area contributed by atoms with Gasteiger partial charge in [-0.05, 0) is 53.4 Å². The van der Waals surface area contributed by atoms with Crippen molar-refractivity contribution in [1.29, 1.82) is 0 Å². The first-order chi connectivity index (χ1) is 8.70. The lowest BCUT2D eigenvalue weighted by molar-refractivity contribution is 0.0980. The summed E-state index contributed by atoms with van der Waals surface area (Å²) in [6, 6.07) is 7.76. The predicted molar refractivity (Wildman–Crippen MR) is 74.7 cm³/mol. The Labute approximate surface area is 111 Å². The van der Waals surface area contributed by atoms with Gasteiger partial charge in [-0.2, -0.15) is 11.3 Å². The average molecular weight is 260 g/mol. The van der Waals surface area contributed by atoms with Gasteiger partial charge in [-0.3, -0.25) is 4.79 Å². The van der Waals surface area contributed by atoms with Crippen molar-refractivity contribution in [2.45, 2.75) is 19.8 Å². The van der Waals surface area contributed by atoms with Crippen molar-refractivity contribution in [3.8, 4) is 5.75 Å². The van der Waals surface area contributed by atoms with Crippen LogP contribution in [0.1, 0.15) is 27.9 Å². The number of methoxy groups -OCH3 is 1. The van der Waals surface area contributed by atoms with Crippen LogP contribution >= 0.6 is 11.3 Å². The van der Waals surface area contributed by atoms with E-state index in [1.54, 1.807) is 18.4 Å². The Balaban J connectivity index is 2.09. The maximum atomic E-state index is 12.2. The monoisotopic (exact) mass is 260 g/mol. The van der Waals surface area contributed by atoms with Gasteiger partial charge in [0.2, 0.25) is 0 Å². The average Bonchev–Trinajstić information content (AvgIpc) is 2.88. The van der Waals surface area contributed by atoms with Gasteiger partial charge in [0.1, 0.15) is 5.75 Å². The third-order valence-corrected chi connectivity index (χ3v) is 3.61. The van der Waals surface area contributed by atoms with Crippen molar-refractivity contribution in [2.24, 2.45) is 0 Å². The number of Topliss-reactive ketones (excluding diaryl/α,β-unsaturated/α-hetero) is 1. The van der Waals surface area contributed by atoms with Crippen LogP contribution < -0.4 is 4.74 Å². The second-order valence-electron chi connectivity index (χ2n) is 4.26. The highest BCUT2D eigenvalue weighted by atomic mass is 32.1. The van der Waals surface area contributed by atoms with Crippen LogP contribution in [0, 0.1) is 6.92 Å². The molecule has 0 aliphatic heterocycles. The summed E-state index contributed by atoms with van der Waals surface area (Å²) in [4.78, 5) is 12.2. The molecule has 18 heavy (non-hydrogen) atoms. The lowest BCUT2D eigenvalue weighted by Gasteiger charge is -2.08. The van der Waals surface area contributed by atoms with E-state index in [2.05, 4.69) is 11.4 Å². The summed E-state index contributed by atoms with van der Waals surface area (Å²) < 4.78 is 5.27. The van der Waals surface area contributed by atoms with Gasteiger partial charge >= 0.3 is 0 Å². The van der Waals surface area contributed by atoms with Crippen LogP contribution in [0.3, 0.4) is 0 Å². The number of ether oxygens (including phenoxy) is 1. The molecule has 0 unspecified atom stereocenters. The van der Waals surface area contributed by atoms with Gasteiger partial charge in [0, 0.05) is 6.42 Å². The van der Waals surface area contributed by atoms with Gasteiger partial charge in [0.05, 0.1) is 12.7 Å². The molecular formula is C15H16O2S. The van der Waals surface area contributed by atoms with Crippen molar-refractivity contribution in [2.75, 3.05) is 7.11 Å². The third kappa shape index (κ3) is 2.99. The fraction of sp³-hybridized carbons (Fsp3) is 0.267. The largest absolute Gasteiger partial charge is 0.496 e. The molecule has 0 aliphatic rings. The molecule has 1 aromatic heterocycles. The molecule has 0 atom stereocenters. The summed E-state index contributed by atoms with van der Waals surface area (Å²) in [5.74, 6) is 0.809. The van der Waals surface area contributed by atoms with Crippen molar-refractivity contribution in [1.82, 2.24) is 0 Å². The quantitative estimate of drug-likeness (QED) is 0.763. The van der Waals surface area contributed by atoms with Gasteiger partial charge in [0.25, 0.3) is 0 Å². The lowest BCUT2D eigenvalue weighted by Crippen LogP contribution is -2.03. The molecule has 0 amide bonds. The zero-order valence-corrected chi connectivity index (χ0v) is 11.4. The van der Waals surface area contributed by atoms with Gasteiger partial charge in [-0.1, -0.05) is 6.07 Å². The maximum Gasteiger partial charge on any atom is 0.166 e. The molecule has 1 aromatic carbocycles. The Kier molecular flexibility index (Phi) is 4.15. The highest BCUT2D eigenvalue weighted by Crippen LogP contribution is 2.22. The molecule has 0 N–H and O–H groups in total. The predicted octanol–water partition coefficient (Wildman–Crippen LogP) is 3.88. The molecule has 3 heteroatoms. The van der Waals surface area contributed by atoms with Crippen LogP contribution in [0.5, 0.6) is 5.75 Å². The minimum absolute atomic E-state index is 0.137. The van der Waals surface area contributed by atoms with Gasteiger partial charge in [0.15, 0.2) is 5.78 Å². The summed E-state index contributed by atoms with van der Waals surface area (Å²) in [7, 11) is 1.60. The molecule has 0 radical (unpaired) electrons. The summed E-state index contributed by atoms with van der Waals surface area (Å²) in [6.07, 6.45) is 1.31. The van der Waals surface area contributed by atoms with E-state index < -0.39 is 0 Å². The smallest absolute Gasteiger partial charge is 0.166 e. The standard InChI is InChI=1S/C15H16O2S/c1-11-3-5-13(15(9-11)17-2)14(16)6-4-12-7-8-18-10-12/h3,5,7-10H,4,6H2,1-2H3. The normalized spacial score (nSPS) is 10.3. The van der Waals surface area contributed by atoms with Crippen molar-refractivity contribution in [3.63, 3.8) is 0 Å². The number of carbonyl (C=O) groups is 1. The van der Waals surface area contributed by atoms with E-state index in [0.29, 0.717) is 17.7 Å². The van der Waals surface area contributed by atoms with Gasteiger partial charge < -0.3 is 4.74 Å². The Morgan fingerprint density at radius 3 is 2.83 bits per heavy atom. The maximum absolute atomic E-state index is 12.2. The Hall–Kier alpha value is -1.61. The molecule has 0 bridgehead atoms. The van der Waals surface area contributed by atoms with Crippen LogP contribution in [-0.2, 0) is 6.42 Å². The topological polar surface area (TPSA) is 26.3 Å². The van der Waals surface area contributed by atoms with E-state index in [1.165, 1.54) is 5.56 Å². The fourth-order valence-electron chi connectivity index (χ4n) is 1.86. The molecule has 0 saturated carbocycles. The fourth-order valence-corrected chi connectivity index (χ4v) is 2.56. The minimum atomic E-state index is 0.137. The molecule has 0 spiro atoms. The van der Waals surface area contributed by atoms with E-state index >= 15 is 0 Å². The van der Waals surface area contributed by atoms with E-state index in [4.69, 9.17) is 4.74 Å². The van der Waals surface area contributed by atoms with Crippen LogP contribution in [0.15, 0.2) is 35.0 Å². The number of benzene rings is 1. The molecule has 1 heterocycles. The highest BCUT2D eigenvalue weighted by Gasteiger charge is 2.12. The zero-order chi connectivity index (χ0) is 13.0. The van der Waals surface area contributed by atoms with Crippen LogP contribution in [0.25, 0.3) is 0 Å². The van der Waals surface area contributed by atoms with Gasteiger partial charge in [-0.15, -0.1) is 0 Å². The first-order valence-corrected chi connectivity index (χ1v) is 6.84. The molecular weight excluding hydrogens is 244 g/mol. The summed E-state index contributed by atoms with van der Waals surface area (Å²) in [5, 5.41) is 4.12. The SMILES string of the molecule is COc1cc(C)ccc1C(=O)CCc1ccsc1. The molecule has 0 aliphatic carbocycles. The van der Waals surface area contributed by atoms with E-state index in [-0.39, 0.29) is 5.78 Å². The number of aryl methyl sites for hydroxylation is 2. The van der Waals surface area contributed by atoms with E-state index in [1.807, 2.05) is 30.5 Å². The minimum Gasteiger partial charge on any atom is -0.496 e. The first kappa shape index (κ1) is 12.8. The van der Waals surface area contributed by atoms with Gasteiger partial charge in [-0.25, -0.2) is 0 Å². The highest BCUT2D eigenvalue weighted by molar-refractivity contribution is 7.07. The van der Waals surface area contributed by atoms with E-state index in [9.17, 15) is 4.79 Å².